The van der Waals surface area contributed by atoms with Crippen LogP contribution in [0.2, 0.25) is 0 Å². The highest BCUT2D eigenvalue weighted by Gasteiger charge is 2.39. The lowest BCUT2D eigenvalue weighted by Gasteiger charge is -2.28. The number of imide groups is 2. The van der Waals surface area contributed by atoms with Crippen molar-refractivity contribution in [3.8, 4) is 5.75 Å². The number of carbonyl (C=O) groups excluding carboxylic acids is 3. The second kappa shape index (κ2) is 9.43. The highest BCUT2D eigenvalue weighted by atomic mass is 16.5. The normalized spacial score (nSPS) is 21.2. The summed E-state index contributed by atoms with van der Waals surface area (Å²) in [6, 6.07) is 6.33. The zero-order chi connectivity index (χ0) is 19.9. The lowest BCUT2D eigenvalue weighted by molar-refractivity contribution is -0.139. The number of barbiturate groups is 1. The molecule has 2 aliphatic rings. The monoisotopic (exact) mass is 387 g/mol. The minimum absolute atomic E-state index is 0.0764. The number of aliphatic imine (C=N–C) groups is 1. The van der Waals surface area contributed by atoms with E-state index < -0.39 is 23.8 Å². The van der Waals surface area contributed by atoms with Crippen LogP contribution in [0.25, 0.3) is 0 Å². The second-order valence-electron chi connectivity index (χ2n) is 6.69. The van der Waals surface area contributed by atoms with Crippen LogP contribution < -0.4 is 15.4 Å². The first-order valence-electron chi connectivity index (χ1n) is 9.30. The average Bonchev–Trinajstić information content (AvgIpc) is 2.71. The summed E-state index contributed by atoms with van der Waals surface area (Å²) in [6.07, 6.45) is 1.35. The maximum absolute atomic E-state index is 12.7. The van der Waals surface area contributed by atoms with Crippen LogP contribution in [0, 0.1) is 5.92 Å². The van der Waals surface area contributed by atoms with Gasteiger partial charge in [0.05, 0.1) is 20.2 Å². The van der Waals surface area contributed by atoms with E-state index in [4.69, 9.17) is 4.74 Å². The summed E-state index contributed by atoms with van der Waals surface area (Å²) in [5, 5.41) is 5.52. The Morgan fingerprint density at radius 3 is 2.57 bits per heavy atom. The number of benzene rings is 1. The fourth-order valence-corrected chi connectivity index (χ4v) is 3.14. The molecule has 0 bridgehead atoms. The van der Waals surface area contributed by atoms with Crippen molar-refractivity contribution in [3.05, 3.63) is 29.8 Å². The average molecular weight is 387 g/mol. The Bertz CT molecular complexity index is 743. The largest absolute Gasteiger partial charge is 0.497 e. The molecule has 9 heteroatoms. The summed E-state index contributed by atoms with van der Waals surface area (Å²) in [7, 11) is 1.56. The first kappa shape index (κ1) is 20.0. The van der Waals surface area contributed by atoms with Gasteiger partial charge in [0.25, 0.3) is 0 Å². The smallest absolute Gasteiger partial charge is 0.331 e. The molecule has 0 saturated carbocycles. The molecule has 0 spiro atoms. The predicted molar refractivity (Wildman–Crippen MR) is 103 cm³/mol. The van der Waals surface area contributed by atoms with Gasteiger partial charge in [0, 0.05) is 38.9 Å². The van der Waals surface area contributed by atoms with Crippen molar-refractivity contribution in [2.75, 3.05) is 46.4 Å². The van der Waals surface area contributed by atoms with Crippen molar-refractivity contribution in [1.29, 1.82) is 0 Å². The van der Waals surface area contributed by atoms with Crippen LogP contribution in [0.4, 0.5) is 4.79 Å². The van der Waals surface area contributed by atoms with E-state index in [0.29, 0.717) is 12.3 Å². The highest BCUT2D eigenvalue weighted by molar-refractivity contribution is 6.23. The van der Waals surface area contributed by atoms with E-state index in [0.717, 1.165) is 43.2 Å². The Labute approximate surface area is 163 Å². The van der Waals surface area contributed by atoms with E-state index in [1.165, 1.54) is 6.21 Å². The number of nitrogens with one attached hydrogen (secondary N) is 2. The third kappa shape index (κ3) is 4.93. The minimum Gasteiger partial charge on any atom is -0.497 e. The van der Waals surface area contributed by atoms with Crippen molar-refractivity contribution in [1.82, 2.24) is 20.4 Å². The lowest BCUT2D eigenvalue weighted by Crippen LogP contribution is -2.57. The van der Waals surface area contributed by atoms with Gasteiger partial charge in [0.2, 0.25) is 11.8 Å². The summed E-state index contributed by atoms with van der Waals surface area (Å²) in [6.45, 7) is 5.18. The highest BCUT2D eigenvalue weighted by Crippen LogP contribution is 2.16. The molecule has 0 aliphatic carbocycles. The number of piperazine rings is 1. The molecule has 2 saturated heterocycles. The number of amides is 4. The molecule has 4 amide bonds. The quantitative estimate of drug-likeness (QED) is 0.499. The molecule has 2 fully saturated rings. The van der Waals surface area contributed by atoms with Crippen molar-refractivity contribution < 1.29 is 19.1 Å². The summed E-state index contributed by atoms with van der Waals surface area (Å²) < 4.78 is 5.10. The van der Waals surface area contributed by atoms with E-state index in [9.17, 15) is 14.4 Å². The van der Waals surface area contributed by atoms with Crippen LogP contribution >= 0.6 is 0 Å². The number of ether oxygens (including phenoxy) is 1. The molecular formula is C19H25N5O4. The van der Waals surface area contributed by atoms with E-state index in [-0.39, 0.29) is 6.54 Å². The zero-order valence-corrected chi connectivity index (χ0v) is 15.9. The summed E-state index contributed by atoms with van der Waals surface area (Å²) in [5.41, 5.74) is 0.757. The molecule has 2 N–H and O–H groups in total. The van der Waals surface area contributed by atoms with E-state index in [1.54, 1.807) is 31.4 Å². The van der Waals surface area contributed by atoms with Gasteiger partial charge >= 0.3 is 6.03 Å². The molecule has 1 aromatic rings. The van der Waals surface area contributed by atoms with Crippen LogP contribution in [-0.4, -0.2) is 80.2 Å². The van der Waals surface area contributed by atoms with Gasteiger partial charge in [-0.2, -0.15) is 0 Å². The van der Waals surface area contributed by atoms with Crippen molar-refractivity contribution in [3.63, 3.8) is 0 Å². The van der Waals surface area contributed by atoms with Gasteiger partial charge in [-0.25, -0.2) is 4.79 Å². The van der Waals surface area contributed by atoms with E-state index >= 15 is 0 Å². The predicted octanol–water partition coefficient (Wildman–Crippen LogP) is -0.134. The molecule has 28 heavy (non-hydrogen) atoms. The molecule has 0 radical (unpaired) electrons. The number of nitrogens with zero attached hydrogens (tertiary/aromatic N) is 3. The molecule has 0 aromatic heterocycles. The van der Waals surface area contributed by atoms with Gasteiger partial charge in [0.1, 0.15) is 5.75 Å². The van der Waals surface area contributed by atoms with Gasteiger partial charge in [0.15, 0.2) is 5.92 Å². The van der Waals surface area contributed by atoms with Gasteiger partial charge in [-0.1, -0.05) is 12.1 Å². The number of rotatable bonds is 7. The maximum atomic E-state index is 12.7. The van der Waals surface area contributed by atoms with Crippen molar-refractivity contribution in [2.45, 2.75) is 6.54 Å². The molecular weight excluding hydrogens is 362 g/mol. The van der Waals surface area contributed by atoms with Gasteiger partial charge < -0.3 is 10.1 Å². The molecule has 150 valence electrons. The third-order valence-electron chi connectivity index (χ3n) is 4.80. The summed E-state index contributed by atoms with van der Waals surface area (Å²) >= 11 is 0. The first-order chi connectivity index (χ1) is 13.6. The summed E-state index contributed by atoms with van der Waals surface area (Å²) in [4.78, 5) is 44.4. The lowest BCUT2D eigenvalue weighted by atomic mass is 10.1. The maximum Gasteiger partial charge on any atom is 0.331 e. The van der Waals surface area contributed by atoms with Crippen LogP contribution in [0.3, 0.4) is 0 Å². The van der Waals surface area contributed by atoms with Gasteiger partial charge in [-0.15, -0.1) is 0 Å². The van der Waals surface area contributed by atoms with Crippen LogP contribution in [0.1, 0.15) is 5.56 Å². The fourth-order valence-electron chi connectivity index (χ4n) is 3.14. The number of carbonyl (C=O) groups is 3. The molecule has 2 heterocycles. The first-order valence-corrected chi connectivity index (χ1v) is 9.30. The summed E-state index contributed by atoms with van der Waals surface area (Å²) in [5.74, 6) is -1.59. The van der Waals surface area contributed by atoms with E-state index in [1.807, 2.05) is 0 Å². The Morgan fingerprint density at radius 1 is 1.18 bits per heavy atom. The third-order valence-corrected chi connectivity index (χ3v) is 4.80. The van der Waals surface area contributed by atoms with Gasteiger partial charge in [-0.3, -0.25) is 29.7 Å². The Hall–Kier alpha value is -2.78. The van der Waals surface area contributed by atoms with Crippen LogP contribution in [-0.2, 0) is 16.1 Å². The molecule has 9 nitrogen and oxygen atoms in total. The molecule has 2 aliphatic heterocycles. The van der Waals surface area contributed by atoms with Crippen LogP contribution in [0.15, 0.2) is 29.3 Å². The molecule has 0 unspecified atom stereocenters. The Morgan fingerprint density at radius 2 is 1.89 bits per heavy atom. The standard InChI is InChI=1S/C19H25N5O4/c1-28-15-4-2-14(3-5-15)13-24-18(26)16(17(25)22-19(24)27)12-21-8-11-23-9-6-20-7-10-23/h2-5,12,16,20H,6-11,13H2,1H3,(H,22,25,27)/t16-/m1/s1. The SMILES string of the molecule is COc1ccc(CN2C(=O)NC(=O)[C@@H](C=NCCN3CCNCC3)C2=O)cc1. The van der Waals surface area contributed by atoms with E-state index in [2.05, 4.69) is 20.5 Å². The number of urea groups is 1. The number of hydrogen-bond acceptors (Lipinski definition) is 7. The van der Waals surface area contributed by atoms with Gasteiger partial charge in [-0.05, 0) is 17.7 Å². The molecule has 3 rings (SSSR count). The molecule has 1 atom stereocenters. The fraction of sp³-hybridized carbons (Fsp3) is 0.474. The minimum atomic E-state index is -1.08. The van der Waals surface area contributed by atoms with Crippen molar-refractivity contribution >= 4 is 24.1 Å². The van der Waals surface area contributed by atoms with Crippen molar-refractivity contribution in [2.24, 2.45) is 10.9 Å². The molecule has 1 aromatic carbocycles. The Kier molecular flexibility index (Phi) is 6.72. The number of hydrogen-bond donors (Lipinski definition) is 2. The van der Waals surface area contributed by atoms with Crippen LogP contribution in [0.5, 0.6) is 5.75 Å². The zero-order valence-electron chi connectivity index (χ0n) is 15.9. The second-order valence-corrected chi connectivity index (χ2v) is 6.69. The topological polar surface area (TPSA) is 103 Å². The number of methoxy groups -OCH3 is 1. The Balaban J connectivity index is 1.59.